The first-order valence-corrected chi connectivity index (χ1v) is 3.57. The third kappa shape index (κ3) is 3.45. The zero-order valence-electron chi connectivity index (χ0n) is 5.18. The fourth-order valence-corrected chi connectivity index (χ4v) is 0.972. The van der Waals surface area contributed by atoms with Gasteiger partial charge in [0.15, 0.2) is 0 Å². The van der Waals surface area contributed by atoms with Gasteiger partial charge in [0, 0.05) is 5.88 Å². The van der Waals surface area contributed by atoms with Gasteiger partial charge < -0.3 is 0 Å². The highest BCUT2D eigenvalue weighted by molar-refractivity contribution is 6.17. The summed E-state index contributed by atoms with van der Waals surface area (Å²) in [6, 6.07) is 10.2. The van der Waals surface area contributed by atoms with E-state index in [1.54, 1.807) is 0 Å². The fraction of sp³-hybridized carbons (Fsp3) is 0.250. The minimum Gasteiger partial charge on any atom is -0.126 e. The van der Waals surface area contributed by atoms with Gasteiger partial charge in [-0.15, -0.1) is 11.6 Å². The molecule has 0 heterocycles. The Labute approximate surface area is 82.7 Å². The topological polar surface area (TPSA) is 0 Å². The summed E-state index contributed by atoms with van der Waals surface area (Å²) < 4.78 is 0. The Hall–Kier alpha value is 0.276. The van der Waals surface area contributed by atoms with E-state index in [4.69, 9.17) is 11.6 Å². The first kappa shape index (κ1) is 10.3. The van der Waals surface area contributed by atoms with Gasteiger partial charge in [-0.25, -0.2) is 0 Å². The summed E-state index contributed by atoms with van der Waals surface area (Å²) in [6.07, 6.45) is 0.975. The lowest BCUT2D eigenvalue weighted by atomic mass is 10.2. The Morgan fingerprint density at radius 3 is 2.20 bits per heavy atom. The number of hydrogen-bond acceptors (Lipinski definition) is 0. The molecule has 0 saturated carbocycles. The van der Waals surface area contributed by atoms with Crippen LogP contribution in [0.15, 0.2) is 30.3 Å². The maximum Gasteiger partial charge on any atom is 0.316 e. The normalized spacial score (nSPS) is 8.50. The summed E-state index contributed by atoms with van der Waals surface area (Å²) in [5.41, 5.74) is 1.31. The van der Waals surface area contributed by atoms with Crippen LogP contribution in [0.1, 0.15) is 5.56 Å². The van der Waals surface area contributed by atoms with Crippen molar-refractivity contribution in [1.82, 2.24) is 0 Å². The summed E-state index contributed by atoms with van der Waals surface area (Å²) in [4.78, 5) is 0. The maximum absolute atomic E-state index is 5.54. The molecule has 0 atom stereocenters. The number of aryl methyl sites for hydroxylation is 1. The van der Waals surface area contributed by atoms with Gasteiger partial charge >= 0.3 is 23.1 Å². The highest BCUT2D eigenvalue weighted by Crippen LogP contribution is 1.99. The van der Waals surface area contributed by atoms with Crippen LogP contribution in [0.5, 0.6) is 0 Å². The van der Waals surface area contributed by atoms with Crippen molar-refractivity contribution in [3.8, 4) is 0 Å². The van der Waals surface area contributed by atoms with Gasteiger partial charge in [0.25, 0.3) is 0 Å². The average Bonchev–Trinajstić information content (AvgIpc) is 1.91. The number of rotatable bonds is 2. The van der Waals surface area contributed by atoms with E-state index in [-0.39, 0.29) is 23.1 Å². The second kappa shape index (κ2) is 6.02. The molecular weight excluding hydrogens is 156 g/mol. The van der Waals surface area contributed by atoms with Crippen LogP contribution in [-0.2, 0) is 6.42 Å². The third-order valence-electron chi connectivity index (χ3n) is 1.23. The first-order valence-electron chi connectivity index (χ1n) is 3.03. The number of benzene rings is 1. The molecule has 0 radical (unpaired) electrons. The standard InChI is InChI=1S/C8H9Cl.Mg.2H/c9-7-6-8-4-2-1-3-5-8;;;/h1-5H,6-7H2;;;. The minimum absolute atomic E-state index is 0. The summed E-state index contributed by atoms with van der Waals surface area (Å²) in [6.45, 7) is 0. The number of halogens is 1. The van der Waals surface area contributed by atoms with Crippen LogP contribution >= 0.6 is 11.6 Å². The zero-order chi connectivity index (χ0) is 6.53. The molecule has 0 aliphatic heterocycles. The van der Waals surface area contributed by atoms with E-state index in [0.717, 1.165) is 6.42 Å². The van der Waals surface area contributed by atoms with Crippen molar-refractivity contribution in [1.29, 1.82) is 0 Å². The highest BCUT2D eigenvalue weighted by atomic mass is 35.5. The van der Waals surface area contributed by atoms with Crippen LogP contribution in [-0.4, -0.2) is 28.9 Å². The van der Waals surface area contributed by atoms with E-state index in [1.807, 2.05) is 18.2 Å². The van der Waals surface area contributed by atoms with Gasteiger partial charge in [0.05, 0.1) is 0 Å². The van der Waals surface area contributed by atoms with Crippen LogP contribution in [0.3, 0.4) is 0 Å². The Morgan fingerprint density at radius 1 is 1.10 bits per heavy atom. The molecule has 1 aromatic carbocycles. The van der Waals surface area contributed by atoms with E-state index in [1.165, 1.54) is 5.56 Å². The van der Waals surface area contributed by atoms with Crippen LogP contribution in [0, 0.1) is 0 Å². The van der Waals surface area contributed by atoms with Crippen molar-refractivity contribution in [2.45, 2.75) is 6.42 Å². The van der Waals surface area contributed by atoms with E-state index in [9.17, 15) is 0 Å². The molecule has 0 spiro atoms. The molecule has 0 saturated heterocycles. The van der Waals surface area contributed by atoms with Gasteiger partial charge in [-0.1, -0.05) is 30.3 Å². The van der Waals surface area contributed by atoms with Crippen molar-refractivity contribution in [2.75, 3.05) is 5.88 Å². The van der Waals surface area contributed by atoms with Crippen molar-refractivity contribution in [3.63, 3.8) is 0 Å². The molecule has 1 rings (SSSR count). The van der Waals surface area contributed by atoms with E-state index in [0.29, 0.717) is 5.88 Å². The second-order valence-corrected chi connectivity index (χ2v) is 2.30. The Balaban J connectivity index is 0.000000810. The van der Waals surface area contributed by atoms with E-state index in [2.05, 4.69) is 12.1 Å². The SMILES string of the molecule is ClCCc1ccccc1.[MgH2]. The molecule has 0 unspecified atom stereocenters. The van der Waals surface area contributed by atoms with Crippen molar-refractivity contribution in [2.24, 2.45) is 0 Å². The predicted molar refractivity (Wildman–Crippen MR) is 49.4 cm³/mol. The molecule has 0 N–H and O–H groups in total. The van der Waals surface area contributed by atoms with Gasteiger partial charge in [-0.05, 0) is 12.0 Å². The summed E-state index contributed by atoms with van der Waals surface area (Å²) in [7, 11) is 0. The Kier molecular flexibility index (Phi) is 6.18. The highest BCUT2D eigenvalue weighted by Gasteiger charge is 1.85. The average molecular weight is 167 g/mol. The lowest BCUT2D eigenvalue weighted by molar-refractivity contribution is 1.15. The maximum atomic E-state index is 5.54. The second-order valence-electron chi connectivity index (χ2n) is 1.92. The summed E-state index contributed by atoms with van der Waals surface area (Å²) in [5.74, 6) is 0.712. The zero-order valence-corrected chi connectivity index (χ0v) is 5.93. The molecule has 10 heavy (non-hydrogen) atoms. The molecular formula is C8H11ClMg. The van der Waals surface area contributed by atoms with Gasteiger partial charge in [-0.3, -0.25) is 0 Å². The third-order valence-corrected chi connectivity index (χ3v) is 1.41. The van der Waals surface area contributed by atoms with Crippen LogP contribution < -0.4 is 0 Å². The molecule has 0 aliphatic rings. The smallest absolute Gasteiger partial charge is 0.126 e. The van der Waals surface area contributed by atoms with Crippen molar-refractivity contribution in [3.05, 3.63) is 35.9 Å². The Morgan fingerprint density at radius 2 is 1.70 bits per heavy atom. The molecule has 0 aromatic heterocycles. The van der Waals surface area contributed by atoms with Crippen LogP contribution in [0.4, 0.5) is 0 Å². The first-order chi connectivity index (χ1) is 4.43. The monoisotopic (exact) mass is 166 g/mol. The van der Waals surface area contributed by atoms with Crippen LogP contribution in [0.25, 0.3) is 0 Å². The number of alkyl halides is 1. The van der Waals surface area contributed by atoms with Gasteiger partial charge in [0.1, 0.15) is 0 Å². The largest absolute Gasteiger partial charge is 0.316 e. The molecule has 2 heteroatoms. The summed E-state index contributed by atoms with van der Waals surface area (Å²) in [5, 5.41) is 0. The molecule has 0 aliphatic carbocycles. The summed E-state index contributed by atoms with van der Waals surface area (Å²) >= 11 is 5.54. The predicted octanol–water partition coefficient (Wildman–Crippen LogP) is 1.55. The van der Waals surface area contributed by atoms with Crippen molar-refractivity contribution < 1.29 is 0 Å². The van der Waals surface area contributed by atoms with Gasteiger partial charge in [-0.2, -0.15) is 0 Å². The molecule has 0 amide bonds. The molecule has 0 bridgehead atoms. The van der Waals surface area contributed by atoms with Gasteiger partial charge in [0.2, 0.25) is 0 Å². The van der Waals surface area contributed by atoms with Crippen LogP contribution in [0.2, 0.25) is 0 Å². The Bertz CT molecular complexity index is 162. The number of hydrogen-bond donors (Lipinski definition) is 0. The fourth-order valence-electron chi connectivity index (χ4n) is 0.754. The molecule has 0 fully saturated rings. The molecule has 0 nitrogen and oxygen atoms in total. The van der Waals surface area contributed by atoms with Crippen molar-refractivity contribution >= 4 is 34.7 Å². The van der Waals surface area contributed by atoms with E-state index < -0.39 is 0 Å². The molecule has 1 aromatic rings. The van der Waals surface area contributed by atoms with E-state index >= 15 is 0 Å². The minimum atomic E-state index is 0. The quantitative estimate of drug-likeness (QED) is 0.463. The lowest BCUT2D eigenvalue weighted by Crippen LogP contribution is -1.82. The lowest BCUT2D eigenvalue weighted by Gasteiger charge is -1.92. The molecule has 52 valence electrons.